The Kier molecular flexibility index (Phi) is 4.02. The minimum absolute atomic E-state index is 0.140. The van der Waals surface area contributed by atoms with Crippen molar-refractivity contribution in [1.29, 1.82) is 5.26 Å². The van der Waals surface area contributed by atoms with Crippen molar-refractivity contribution in [2.75, 3.05) is 7.05 Å². The van der Waals surface area contributed by atoms with Crippen molar-refractivity contribution in [2.45, 2.75) is 12.6 Å². The van der Waals surface area contributed by atoms with Gasteiger partial charge < -0.3 is 9.47 Å². The lowest BCUT2D eigenvalue weighted by Gasteiger charge is -2.16. The number of nitriles is 1. The number of carbonyl (C=O) groups excluding carboxylic acids is 2. The van der Waals surface area contributed by atoms with Crippen molar-refractivity contribution in [3.8, 4) is 6.07 Å². The van der Waals surface area contributed by atoms with Crippen LogP contribution in [0.4, 0.5) is 4.79 Å². The molecule has 0 bridgehead atoms. The van der Waals surface area contributed by atoms with E-state index >= 15 is 0 Å². The first-order valence-corrected chi connectivity index (χ1v) is 8.95. The van der Waals surface area contributed by atoms with Crippen LogP contribution in [0.1, 0.15) is 22.7 Å². The molecule has 1 aliphatic rings. The van der Waals surface area contributed by atoms with Gasteiger partial charge >= 0.3 is 0 Å². The molecule has 1 aromatic heterocycles. The fraction of sp³-hybridized carbons (Fsp3) is 0.150. The maximum atomic E-state index is 12.3. The highest BCUT2D eigenvalue weighted by molar-refractivity contribution is 8.26. The highest BCUT2D eigenvalue weighted by atomic mass is 32.2. The number of hydrogen-bond acceptors (Lipinski definition) is 4. The summed E-state index contributed by atoms with van der Waals surface area (Å²) in [5, 5.41) is 9.55. The van der Waals surface area contributed by atoms with Gasteiger partial charge in [0.1, 0.15) is 6.04 Å². The first kappa shape index (κ1) is 16.4. The molecule has 2 heterocycles. The molecule has 1 unspecified atom stereocenters. The molecule has 0 N–H and O–H groups in total. The Balaban J connectivity index is 1.78. The van der Waals surface area contributed by atoms with Gasteiger partial charge in [0.05, 0.1) is 11.6 Å². The third kappa shape index (κ3) is 2.67. The van der Waals surface area contributed by atoms with Crippen LogP contribution in [-0.4, -0.2) is 26.9 Å². The minimum Gasteiger partial charge on any atom is -0.343 e. The molecule has 1 amide bonds. The van der Waals surface area contributed by atoms with E-state index in [0.29, 0.717) is 12.1 Å². The lowest BCUT2D eigenvalue weighted by atomic mass is 10.1. The van der Waals surface area contributed by atoms with Crippen molar-refractivity contribution in [3.63, 3.8) is 0 Å². The van der Waals surface area contributed by atoms with Gasteiger partial charge in [-0.2, -0.15) is 5.26 Å². The van der Waals surface area contributed by atoms with Crippen LogP contribution in [0, 0.1) is 11.3 Å². The first-order valence-electron chi connectivity index (χ1n) is 8.14. The number of thioether (sulfide) groups is 1. The molecule has 0 radical (unpaired) electrons. The number of nitrogens with zero attached hydrogens (tertiary/aromatic N) is 3. The van der Waals surface area contributed by atoms with E-state index in [1.165, 1.54) is 4.90 Å². The molecule has 2 aromatic carbocycles. The topological polar surface area (TPSA) is 66.1 Å². The summed E-state index contributed by atoms with van der Waals surface area (Å²) in [4.78, 5) is 25.7. The summed E-state index contributed by atoms with van der Waals surface area (Å²) in [6.45, 7) is 0.623. The molecule has 1 saturated heterocycles. The van der Waals surface area contributed by atoms with Crippen LogP contribution in [0.25, 0.3) is 10.9 Å². The monoisotopic (exact) mass is 361 g/mol. The highest BCUT2D eigenvalue weighted by Gasteiger charge is 2.39. The molecule has 26 heavy (non-hydrogen) atoms. The summed E-state index contributed by atoms with van der Waals surface area (Å²) in [5.41, 5.74) is 3.55. The van der Waals surface area contributed by atoms with E-state index in [9.17, 15) is 9.59 Å². The fourth-order valence-electron chi connectivity index (χ4n) is 3.32. The van der Waals surface area contributed by atoms with Gasteiger partial charge in [-0.1, -0.05) is 30.3 Å². The molecule has 1 fully saturated rings. The molecule has 128 valence electrons. The molecule has 0 spiro atoms. The smallest absolute Gasteiger partial charge is 0.289 e. The van der Waals surface area contributed by atoms with Crippen molar-refractivity contribution in [2.24, 2.45) is 0 Å². The van der Waals surface area contributed by atoms with Gasteiger partial charge in [-0.15, -0.1) is 0 Å². The van der Waals surface area contributed by atoms with Crippen molar-refractivity contribution in [1.82, 2.24) is 9.47 Å². The van der Waals surface area contributed by atoms with Crippen molar-refractivity contribution >= 4 is 33.0 Å². The Morgan fingerprint density at radius 1 is 1.12 bits per heavy atom. The molecule has 0 saturated carbocycles. The molecule has 6 heteroatoms. The van der Waals surface area contributed by atoms with Crippen LogP contribution < -0.4 is 0 Å². The van der Waals surface area contributed by atoms with Crippen LogP contribution in [-0.2, 0) is 11.3 Å². The fourth-order valence-corrected chi connectivity index (χ4v) is 4.14. The summed E-state index contributed by atoms with van der Waals surface area (Å²) in [5.74, 6) is 0. The number of likely N-dealkylation sites (N-methyl/N-ethyl adjacent to an activating group) is 1. The zero-order valence-electron chi connectivity index (χ0n) is 14.0. The summed E-state index contributed by atoms with van der Waals surface area (Å²) >= 11 is 0.766. The summed E-state index contributed by atoms with van der Waals surface area (Å²) in [6, 6.07) is 16.9. The van der Waals surface area contributed by atoms with Crippen LogP contribution in [0.3, 0.4) is 0 Å². The number of hydrogen-bond donors (Lipinski definition) is 0. The number of fused-ring (bicyclic) bond motifs is 1. The van der Waals surface area contributed by atoms with Gasteiger partial charge in [-0.05, 0) is 23.8 Å². The number of rotatable bonds is 3. The molecule has 1 atom stereocenters. The Labute approximate surface area is 154 Å². The maximum Gasteiger partial charge on any atom is 0.289 e. The van der Waals surface area contributed by atoms with E-state index in [1.807, 2.05) is 42.6 Å². The highest BCUT2D eigenvalue weighted by Crippen LogP contribution is 2.39. The van der Waals surface area contributed by atoms with Gasteiger partial charge in [-0.3, -0.25) is 9.59 Å². The summed E-state index contributed by atoms with van der Waals surface area (Å²) in [7, 11) is 1.66. The van der Waals surface area contributed by atoms with Crippen LogP contribution in [0.15, 0.2) is 54.7 Å². The third-order valence-corrected chi connectivity index (χ3v) is 5.52. The molecule has 5 nitrogen and oxygen atoms in total. The van der Waals surface area contributed by atoms with Crippen LogP contribution in [0.5, 0.6) is 0 Å². The Bertz CT molecular complexity index is 1060. The second-order valence-electron chi connectivity index (χ2n) is 6.24. The van der Waals surface area contributed by atoms with E-state index in [4.69, 9.17) is 5.26 Å². The van der Waals surface area contributed by atoms with E-state index in [0.717, 1.165) is 33.8 Å². The Hall–Kier alpha value is -3.04. The number of aromatic nitrogens is 1. The van der Waals surface area contributed by atoms with Crippen molar-refractivity contribution in [3.05, 3.63) is 71.4 Å². The minimum atomic E-state index is -0.556. The Morgan fingerprint density at radius 3 is 2.50 bits per heavy atom. The Morgan fingerprint density at radius 2 is 1.85 bits per heavy atom. The summed E-state index contributed by atoms with van der Waals surface area (Å²) in [6.07, 6.45) is 1.96. The van der Waals surface area contributed by atoms with Gasteiger partial charge in [0.25, 0.3) is 5.24 Å². The van der Waals surface area contributed by atoms with Gasteiger partial charge in [-0.25, -0.2) is 0 Å². The molecular weight excluding hydrogens is 346 g/mol. The quantitative estimate of drug-likeness (QED) is 0.709. The molecule has 0 aliphatic carbocycles. The van der Waals surface area contributed by atoms with Crippen molar-refractivity contribution < 1.29 is 9.59 Å². The summed E-state index contributed by atoms with van der Waals surface area (Å²) < 4.78 is 2.08. The second kappa shape index (κ2) is 6.36. The van der Waals surface area contributed by atoms with Gasteiger partial charge in [0, 0.05) is 48.0 Å². The standard InChI is InChI=1S/C20H15N3O2S/c1-22-18(19(24)26-20(22)25)16-12-23(17-5-3-2-4-15(16)17)11-14-8-6-13(10-21)7-9-14/h2-9,12,18H,11H2,1H3. The van der Waals surface area contributed by atoms with Crippen LogP contribution in [0.2, 0.25) is 0 Å². The molecule has 3 aromatic rings. The number of benzene rings is 2. The second-order valence-corrected chi connectivity index (χ2v) is 7.19. The lowest BCUT2D eigenvalue weighted by Crippen LogP contribution is -2.23. The van der Waals surface area contributed by atoms with E-state index in [-0.39, 0.29) is 10.4 Å². The maximum absolute atomic E-state index is 12.3. The number of carbonyl (C=O) groups is 2. The molecule has 1 aliphatic heterocycles. The zero-order valence-corrected chi connectivity index (χ0v) is 14.9. The van der Waals surface area contributed by atoms with E-state index < -0.39 is 6.04 Å². The first-order chi connectivity index (χ1) is 12.6. The largest absolute Gasteiger partial charge is 0.343 e. The van der Waals surface area contributed by atoms with Gasteiger partial charge in [0.2, 0.25) is 5.12 Å². The average Bonchev–Trinajstić information content (AvgIpc) is 3.12. The number of amides is 1. The number of para-hydroxylation sites is 1. The molecular formula is C20H15N3O2S. The third-order valence-electron chi connectivity index (χ3n) is 4.64. The normalized spacial score (nSPS) is 17.1. The van der Waals surface area contributed by atoms with Gasteiger partial charge in [0.15, 0.2) is 0 Å². The predicted octanol–water partition coefficient (Wildman–Crippen LogP) is 3.93. The van der Waals surface area contributed by atoms with Crippen LogP contribution >= 0.6 is 11.8 Å². The lowest BCUT2D eigenvalue weighted by molar-refractivity contribution is -0.113. The van der Waals surface area contributed by atoms with E-state index in [1.54, 1.807) is 19.2 Å². The molecule has 4 rings (SSSR count). The average molecular weight is 361 g/mol. The van der Waals surface area contributed by atoms with E-state index in [2.05, 4.69) is 10.6 Å². The SMILES string of the molecule is CN1C(=O)SC(=O)C1c1cn(Cc2ccc(C#N)cc2)c2ccccc12. The predicted molar refractivity (Wildman–Crippen MR) is 101 cm³/mol. The zero-order chi connectivity index (χ0) is 18.3.